The topological polar surface area (TPSA) is 134 Å². The van der Waals surface area contributed by atoms with Crippen LogP contribution in [0.5, 0.6) is 0 Å². The third kappa shape index (κ3) is 3.12. The summed E-state index contributed by atoms with van der Waals surface area (Å²) in [6.45, 7) is 1.45. The molecule has 9 heteroatoms. The van der Waals surface area contributed by atoms with Gasteiger partial charge in [0.1, 0.15) is 11.9 Å². The number of hydrogen-bond acceptors (Lipinski definition) is 5. The van der Waals surface area contributed by atoms with Crippen LogP contribution in [0.25, 0.3) is 0 Å². The van der Waals surface area contributed by atoms with E-state index in [2.05, 4.69) is 4.98 Å². The molecule has 17 heavy (non-hydrogen) atoms. The standard InChI is InChI=1S/C8H8N4O5/c1-4-2-5(12(16)17)3-9-6(4)7(13)10-11-8(14)15/h2-3,11H,1H3,(H,10,13)(H,14,15). The van der Waals surface area contributed by atoms with Gasteiger partial charge in [-0.15, -0.1) is 0 Å². The number of nitro groups is 1. The summed E-state index contributed by atoms with van der Waals surface area (Å²) in [6.07, 6.45) is -0.513. The number of nitrogens with zero attached hydrogens (tertiary/aromatic N) is 2. The molecule has 1 aromatic heterocycles. The fourth-order valence-corrected chi connectivity index (χ4v) is 1.07. The molecule has 2 amide bonds. The van der Waals surface area contributed by atoms with Crippen molar-refractivity contribution < 1.29 is 19.6 Å². The number of carbonyl (C=O) groups is 2. The minimum absolute atomic E-state index is 0.0932. The molecule has 0 unspecified atom stereocenters. The average molecular weight is 240 g/mol. The van der Waals surface area contributed by atoms with E-state index in [1.165, 1.54) is 13.0 Å². The highest BCUT2D eigenvalue weighted by atomic mass is 16.6. The summed E-state index contributed by atoms with van der Waals surface area (Å²) >= 11 is 0. The first-order chi connectivity index (χ1) is 7.91. The van der Waals surface area contributed by atoms with Crippen LogP contribution < -0.4 is 10.9 Å². The molecule has 1 rings (SSSR count). The lowest BCUT2D eigenvalue weighted by Gasteiger charge is -2.05. The smallest absolute Gasteiger partial charge is 0.423 e. The van der Waals surface area contributed by atoms with Crippen molar-refractivity contribution in [3.05, 3.63) is 33.6 Å². The Morgan fingerprint density at radius 1 is 1.47 bits per heavy atom. The van der Waals surface area contributed by atoms with E-state index in [9.17, 15) is 19.7 Å². The zero-order valence-electron chi connectivity index (χ0n) is 8.63. The second-order valence-electron chi connectivity index (χ2n) is 3.00. The molecule has 0 bridgehead atoms. The molecule has 0 radical (unpaired) electrons. The highest BCUT2D eigenvalue weighted by molar-refractivity contribution is 5.94. The van der Waals surface area contributed by atoms with Crippen LogP contribution in [-0.4, -0.2) is 27.0 Å². The predicted octanol–water partition coefficient (Wildman–Crippen LogP) is 0.211. The van der Waals surface area contributed by atoms with E-state index in [0.29, 0.717) is 0 Å². The van der Waals surface area contributed by atoms with Crippen molar-refractivity contribution in [1.82, 2.24) is 15.8 Å². The molecule has 0 spiro atoms. The summed E-state index contributed by atoms with van der Waals surface area (Å²) < 4.78 is 0. The molecule has 0 aliphatic carbocycles. The molecule has 3 N–H and O–H groups in total. The number of carboxylic acid groups (broad SMARTS) is 1. The number of carbonyl (C=O) groups excluding carboxylic acids is 1. The van der Waals surface area contributed by atoms with Gasteiger partial charge in [-0.25, -0.2) is 15.2 Å². The summed E-state index contributed by atoms with van der Waals surface area (Å²) in [6, 6.07) is 1.17. The lowest BCUT2D eigenvalue weighted by atomic mass is 10.2. The van der Waals surface area contributed by atoms with Crippen LogP contribution in [0.15, 0.2) is 12.3 Å². The van der Waals surface area contributed by atoms with Gasteiger partial charge in [0.05, 0.1) is 4.92 Å². The fourth-order valence-electron chi connectivity index (χ4n) is 1.07. The highest BCUT2D eigenvalue weighted by Crippen LogP contribution is 2.13. The van der Waals surface area contributed by atoms with Gasteiger partial charge in [-0.1, -0.05) is 0 Å². The molecule has 0 aromatic carbocycles. The molecule has 1 aromatic rings. The van der Waals surface area contributed by atoms with Crippen molar-refractivity contribution in [2.24, 2.45) is 0 Å². The number of pyridine rings is 1. The minimum Gasteiger partial charge on any atom is -0.464 e. The van der Waals surface area contributed by atoms with Gasteiger partial charge in [0, 0.05) is 6.07 Å². The number of hydrazine groups is 1. The maximum Gasteiger partial charge on any atom is 0.423 e. The molecule has 0 atom stereocenters. The van der Waals surface area contributed by atoms with Crippen LogP contribution in [0.1, 0.15) is 16.1 Å². The second kappa shape index (κ2) is 4.88. The Hall–Kier alpha value is -2.71. The third-order valence-electron chi connectivity index (χ3n) is 1.77. The molecular weight excluding hydrogens is 232 g/mol. The number of hydrogen-bond donors (Lipinski definition) is 3. The number of aromatic nitrogens is 1. The first kappa shape index (κ1) is 12.4. The van der Waals surface area contributed by atoms with Crippen molar-refractivity contribution >= 4 is 17.7 Å². The quantitative estimate of drug-likeness (QED) is 0.499. The Balaban J connectivity index is 2.88. The number of aryl methyl sites for hydroxylation is 1. The maximum absolute atomic E-state index is 11.4. The molecule has 0 fully saturated rings. The molecule has 1 heterocycles. The summed E-state index contributed by atoms with van der Waals surface area (Å²) in [5.74, 6) is -0.792. The Morgan fingerprint density at radius 3 is 2.59 bits per heavy atom. The molecular formula is C8H8N4O5. The summed E-state index contributed by atoms with van der Waals surface area (Å²) in [7, 11) is 0. The summed E-state index contributed by atoms with van der Waals surface area (Å²) in [5.41, 5.74) is 3.45. The van der Waals surface area contributed by atoms with E-state index in [1.807, 2.05) is 5.43 Å². The van der Waals surface area contributed by atoms with E-state index in [0.717, 1.165) is 6.20 Å². The van der Waals surface area contributed by atoms with E-state index in [-0.39, 0.29) is 16.9 Å². The van der Waals surface area contributed by atoms with Crippen LogP contribution in [0.3, 0.4) is 0 Å². The Labute approximate surface area is 94.6 Å². The van der Waals surface area contributed by atoms with Crippen molar-refractivity contribution in [2.75, 3.05) is 0 Å². The van der Waals surface area contributed by atoms with Gasteiger partial charge in [-0.2, -0.15) is 0 Å². The largest absolute Gasteiger partial charge is 0.464 e. The van der Waals surface area contributed by atoms with E-state index in [1.54, 1.807) is 5.43 Å². The van der Waals surface area contributed by atoms with Gasteiger partial charge in [0.2, 0.25) is 0 Å². The van der Waals surface area contributed by atoms with Crippen molar-refractivity contribution in [3.63, 3.8) is 0 Å². The first-order valence-corrected chi connectivity index (χ1v) is 4.32. The number of nitrogens with one attached hydrogen (secondary N) is 2. The van der Waals surface area contributed by atoms with E-state index in [4.69, 9.17) is 5.11 Å². The Morgan fingerprint density at radius 2 is 2.12 bits per heavy atom. The number of rotatable bonds is 2. The van der Waals surface area contributed by atoms with Crippen LogP contribution in [0.2, 0.25) is 0 Å². The highest BCUT2D eigenvalue weighted by Gasteiger charge is 2.15. The molecule has 0 saturated carbocycles. The normalized spacial score (nSPS) is 9.47. The van der Waals surface area contributed by atoms with Gasteiger partial charge in [0.15, 0.2) is 0 Å². The minimum atomic E-state index is -1.43. The Bertz CT molecular complexity index is 487. The molecule has 90 valence electrons. The van der Waals surface area contributed by atoms with Crippen LogP contribution in [0, 0.1) is 17.0 Å². The second-order valence-corrected chi connectivity index (χ2v) is 3.00. The predicted molar refractivity (Wildman–Crippen MR) is 54.3 cm³/mol. The van der Waals surface area contributed by atoms with Crippen LogP contribution in [0.4, 0.5) is 10.5 Å². The Kier molecular flexibility index (Phi) is 3.55. The van der Waals surface area contributed by atoms with Crippen molar-refractivity contribution in [3.8, 4) is 0 Å². The third-order valence-corrected chi connectivity index (χ3v) is 1.77. The number of amides is 2. The van der Waals surface area contributed by atoms with Crippen LogP contribution >= 0.6 is 0 Å². The zero-order valence-corrected chi connectivity index (χ0v) is 8.63. The summed E-state index contributed by atoms with van der Waals surface area (Å²) in [5, 5.41) is 18.7. The lowest BCUT2D eigenvalue weighted by molar-refractivity contribution is -0.385. The lowest BCUT2D eigenvalue weighted by Crippen LogP contribution is -2.41. The molecule has 0 saturated heterocycles. The van der Waals surface area contributed by atoms with Crippen molar-refractivity contribution in [1.29, 1.82) is 0 Å². The molecule has 9 nitrogen and oxygen atoms in total. The van der Waals surface area contributed by atoms with Gasteiger partial charge < -0.3 is 5.11 Å². The average Bonchev–Trinajstić information content (AvgIpc) is 2.25. The first-order valence-electron chi connectivity index (χ1n) is 4.32. The van der Waals surface area contributed by atoms with Gasteiger partial charge >= 0.3 is 6.09 Å². The van der Waals surface area contributed by atoms with Gasteiger partial charge in [-0.3, -0.25) is 20.3 Å². The van der Waals surface area contributed by atoms with Crippen LogP contribution in [-0.2, 0) is 0 Å². The zero-order chi connectivity index (χ0) is 13.0. The SMILES string of the molecule is Cc1cc([N+](=O)[O-])cnc1C(=O)NNC(=O)O. The van der Waals surface area contributed by atoms with E-state index >= 15 is 0 Å². The van der Waals surface area contributed by atoms with Crippen molar-refractivity contribution in [2.45, 2.75) is 6.92 Å². The maximum atomic E-state index is 11.4. The van der Waals surface area contributed by atoms with E-state index < -0.39 is 16.9 Å². The summed E-state index contributed by atoms with van der Waals surface area (Å²) in [4.78, 5) is 34.9. The monoisotopic (exact) mass is 240 g/mol. The fraction of sp³-hybridized carbons (Fsp3) is 0.125. The molecule has 0 aliphatic rings. The molecule has 0 aliphatic heterocycles. The van der Waals surface area contributed by atoms with Gasteiger partial charge in [0.25, 0.3) is 11.6 Å². The van der Waals surface area contributed by atoms with Gasteiger partial charge in [-0.05, 0) is 12.5 Å².